The number of fused-ring (bicyclic) bond motifs is 1. The number of benzene rings is 1. The predicted molar refractivity (Wildman–Crippen MR) is 93.8 cm³/mol. The van der Waals surface area contributed by atoms with Gasteiger partial charge in [-0.25, -0.2) is 0 Å². The second kappa shape index (κ2) is 6.86. The van der Waals surface area contributed by atoms with E-state index in [2.05, 4.69) is 41.2 Å². The van der Waals surface area contributed by atoms with Crippen LogP contribution in [0.5, 0.6) is 0 Å². The molecule has 0 bridgehead atoms. The van der Waals surface area contributed by atoms with Gasteiger partial charge in [-0.2, -0.15) is 0 Å². The Hall–Kier alpha value is -1.97. The Bertz CT molecular complexity index is 560. The van der Waals surface area contributed by atoms with Crippen LogP contribution in [0.25, 0.3) is 0 Å². The maximum atomic E-state index is 8.41. The summed E-state index contributed by atoms with van der Waals surface area (Å²) in [4.78, 5) is 0. The number of anilines is 2. The summed E-state index contributed by atoms with van der Waals surface area (Å²) < 4.78 is 0. The van der Waals surface area contributed by atoms with Crippen molar-refractivity contribution in [2.24, 2.45) is 0 Å². The van der Waals surface area contributed by atoms with Crippen LogP contribution in [0.1, 0.15) is 39.0 Å². The molecule has 1 atom stereocenters. The molecule has 1 heterocycles. The van der Waals surface area contributed by atoms with Gasteiger partial charge in [0, 0.05) is 30.1 Å². The molecule has 22 heavy (non-hydrogen) atoms. The van der Waals surface area contributed by atoms with Crippen LogP contribution in [-0.4, -0.2) is 24.3 Å². The maximum Gasteiger partial charge on any atom is 0.0718 e. The van der Waals surface area contributed by atoms with Gasteiger partial charge in [0.25, 0.3) is 0 Å². The van der Waals surface area contributed by atoms with Gasteiger partial charge in [-0.15, -0.1) is 0 Å². The van der Waals surface area contributed by atoms with Crippen LogP contribution in [0, 0.1) is 5.41 Å². The monoisotopic (exact) mass is 298 g/mol. The topological polar surface area (TPSA) is 59.9 Å². The molecule has 3 rings (SSSR count). The first-order valence-electron chi connectivity index (χ1n) is 8.41. The molecule has 1 unspecified atom stereocenters. The first kappa shape index (κ1) is 14.9. The fourth-order valence-corrected chi connectivity index (χ4v) is 2.98. The highest BCUT2D eigenvalue weighted by Gasteiger charge is 2.23. The Morgan fingerprint density at radius 2 is 2.09 bits per heavy atom. The second-order valence-electron chi connectivity index (χ2n) is 6.25. The number of hydrogen-bond acceptors (Lipinski definition) is 4. The zero-order valence-electron chi connectivity index (χ0n) is 13.3. The minimum atomic E-state index is 0.154. The summed E-state index contributed by atoms with van der Waals surface area (Å²) in [6.45, 7) is 2.95. The predicted octanol–water partition coefficient (Wildman–Crippen LogP) is 3.74. The fourth-order valence-electron chi connectivity index (χ4n) is 2.98. The minimum Gasteiger partial charge on any atom is -0.388 e. The number of para-hydroxylation sites is 2. The van der Waals surface area contributed by atoms with E-state index in [1.54, 1.807) is 0 Å². The van der Waals surface area contributed by atoms with E-state index in [1.807, 2.05) is 12.1 Å². The van der Waals surface area contributed by atoms with Gasteiger partial charge in [0.15, 0.2) is 0 Å². The van der Waals surface area contributed by atoms with Gasteiger partial charge in [0.05, 0.1) is 17.4 Å². The van der Waals surface area contributed by atoms with E-state index in [4.69, 9.17) is 5.41 Å². The average Bonchev–Trinajstić information content (AvgIpc) is 2.49. The van der Waals surface area contributed by atoms with Crippen molar-refractivity contribution in [3.63, 3.8) is 0 Å². The lowest BCUT2D eigenvalue weighted by Gasteiger charge is -2.32. The van der Waals surface area contributed by atoms with Crippen molar-refractivity contribution in [3.05, 3.63) is 36.0 Å². The smallest absolute Gasteiger partial charge is 0.0718 e. The summed E-state index contributed by atoms with van der Waals surface area (Å²) in [7, 11) is 0. The highest BCUT2D eigenvalue weighted by Crippen LogP contribution is 2.28. The van der Waals surface area contributed by atoms with Gasteiger partial charge in [-0.3, -0.25) is 0 Å². The zero-order valence-corrected chi connectivity index (χ0v) is 13.3. The van der Waals surface area contributed by atoms with E-state index in [-0.39, 0.29) is 6.04 Å². The second-order valence-corrected chi connectivity index (χ2v) is 6.25. The Balaban J connectivity index is 1.75. The molecule has 1 aliphatic carbocycles. The Kier molecular flexibility index (Phi) is 4.66. The van der Waals surface area contributed by atoms with Crippen LogP contribution in [-0.2, 0) is 0 Å². The van der Waals surface area contributed by atoms with Gasteiger partial charge in [0.1, 0.15) is 0 Å². The molecule has 4 N–H and O–H groups in total. The molecule has 0 aromatic heterocycles. The van der Waals surface area contributed by atoms with Crippen molar-refractivity contribution in [3.8, 4) is 0 Å². The fraction of sp³-hybridized carbons (Fsp3) is 0.500. The van der Waals surface area contributed by atoms with Gasteiger partial charge in [-0.1, -0.05) is 25.5 Å². The molecule has 4 heteroatoms. The molecule has 0 saturated heterocycles. The molecule has 0 radical (unpaired) electrons. The lowest BCUT2D eigenvalue weighted by molar-refractivity contribution is 0.372. The molecule has 1 fully saturated rings. The Morgan fingerprint density at radius 3 is 2.77 bits per heavy atom. The SMILES string of the molecule is CCCC(=N)/C(=C\NC1CCC1)C1CNc2ccccc2N1. The standard InChI is InChI=1S/C18H26N4/c1-2-6-15(19)14(11-20-13-7-5-8-13)18-12-21-16-9-3-4-10-17(16)22-18/h3-4,9-11,13,18-22H,2,5-8,12H2,1H3/b14-11+,19-15?. The largest absolute Gasteiger partial charge is 0.388 e. The lowest BCUT2D eigenvalue weighted by Crippen LogP contribution is -2.39. The lowest BCUT2D eigenvalue weighted by atomic mass is 9.92. The van der Waals surface area contributed by atoms with Gasteiger partial charge in [-0.05, 0) is 37.8 Å². The molecule has 2 aliphatic rings. The normalized spacial score (nSPS) is 21.1. The molecule has 1 aliphatic heterocycles. The summed E-state index contributed by atoms with van der Waals surface area (Å²) in [6.07, 6.45) is 7.77. The maximum absolute atomic E-state index is 8.41. The van der Waals surface area contributed by atoms with Crippen molar-refractivity contribution in [2.45, 2.75) is 51.1 Å². The van der Waals surface area contributed by atoms with E-state index in [9.17, 15) is 0 Å². The molecule has 1 aromatic rings. The van der Waals surface area contributed by atoms with E-state index in [0.29, 0.717) is 6.04 Å². The summed E-state index contributed by atoms with van der Waals surface area (Å²) in [5.41, 5.74) is 4.11. The first-order chi connectivity index (χ1) is 10.8. The van der Waals surface area contributed by atoms with Crippen LogP contribution < -0.4 is 16.0 Å². The van der Waals surface area contributed by atoms with Crippen molar-refractivity contribution in [2.75, 3.05) is 17.2 Å². The Morgan fingerprint density at radius 1 is 1.32 bits per heavy atom. The van der Waals surface area contributed by atoms with E-state index >= 15 is 0 Å². The van der Waals surface area contributed by atoms with Crippen LogP contribution in [0.2, 0.25) is 0 Å². The molecule has 4 nitrogen and oxygen atoms in total. The van der Waals surface area contributed by atoms with E-state index < -0.39 is 0 Å². The molecular formula is C18H26N4. The highest BCUT2D eigenvalue weighted by atomic mass is 15.1. The number of hydrogen-bond donors (Lipinski definition) is 4. The average molecular weight is 298 g/mol. The van der Waals surface area contributed by atoms with Gasteiger partial charge >= 0.3 is 0 Å². The molecule has 118 valence electrons. The summed E-state index contributed by atoms with van der Waals surface area (Å²) in [6, 6.07) is 9.03. The van der Waals surface area contributed by atoms with Crippen molar-refractivity contribution >= 4 is 17.1 Å². The third kappa shape index (κ3) is 3.26. The molecular weight excluding hydrogens is 272 g/mol. The minimum absolute atomic E-state index is 0.154. The Labute approximate surface area is 132 Å². The molecule has 1 saturated carbocycles. The third-order valence-corrected chi connectivity index (χ3v) is 4.56. The van der Waals surface area contributed by atoms with Crippen molar-refractivity contribution in [1.29, 1.82) is 5.41 Å². The van der Waals surface area contributed by atoms with Crippen LogP contribution in [0.15, 0.2) is 36.0 Å². The van der Waals surface area contributed by atoms with Gasteiger partial charge in [0.2, 0.25) is 0 Å². The van der Waals surface area contributed by atoms with Crippen molar-refractivity contribution < 1.29 is 0 Å². The summed E-state index contributed by atoms with van der Waals surface area (Å²) >= 11 is 0. The van der Waals surface area contributed by atoms with E-state index in [0.717, 1.165) is 42.0 Å². The molecule has 1 aromatic carbocycles. The highest BCUT2D eigenvalue weighted by molar-refractivity contribution is 5.99. The van der Waals surface area contributed by atoms with Gasteiger partial charge < -0.3 is 21.4 Å². The van der Waals surface area contributed by atoms with E-state index in [1.165, 1.54) is 19.3 Å². The third-order valence-electron chi connectivity index (χ3n) is 4.56. The summed E-state index contributed by atoms with van der Waals surface area (Å²) in [5.74, 6) is 0. The first-order valence-corrected chi connectivity index (χ1v) is 8.41. The van der Waals surface area contributed by atoms with Crippen LogP contribution >= 0.6 is 0 Å². The molecule has 0 amide bonds. The quantitative estimate of drug-likeness (QED) is 0.605. The summed E-state index contributed by atoms with van der Waals surface area (Å²) in [5, 5.41) is 19.0. The van der Waals surface area contributed by atoms with Crippen LogP contribution in [0.4, 0.5) is 11.4 Å². The number of nitrogens with one attached hydrogen (secondary N) is 4. The molecule has 0 spiro atoms. The number of rotatable bonds is 6. The van der Waals surface area contributed by atoms with Crippen molar-refractivity contribution in [1.82, 2.24) is 5.32 Å². The van der Waals surface area contributed by atoms with Crippen LogP contribution in [0.3, 0.4) is 0 Å². The zero-order chi connectivity index (χ0) is 15.4.